The summed E-state index contributed by atoms with van der Waals surface area (Å²) in [6.45, 7) is 21.5. The molecule has 0 aliphatic carbocycles. The van der Waals surface area contributed by atoms with Crippen molar-refractivity contribution < 1.29 is 19.5 Å². The second kappa shape index (κ2) is 10.4. The van der Waals surface area contributed by atoms with E-state index in [4.69, 9.17) is 0 Å². The van der Waals surface area contributed by atoms with Gasteiger partial charge < -0.3 is 19.8 Å². The van der Waals surface area contributed by atoms with Gasteiger partial charge in [-0.05, 0) is 51.9 Å². The molecule has 3 rings (SSSR count). The van der Waals surface area contributed by atoms with Gasteiger partial charge in [0.05, 0.1) is 16.6 Å². The summed E-state index contributed by atoms with van der Waals surface area (Å²) in [6.07, 6.45) is 6.12. The fourth-order valence-corrected chi connectivity index (χ4v) is 9.73. The smallest absolute Gasteiger partial charge is 0.247 e. The van der Waals surface area contributed by atoms with Gasteiger partial charge in [-0.3, -0.25) is 14.4 Å². The Bertz CT molecular complexity index is 944. The number of amides is 3. The summed E-state index contributed by atoms with van der Waals surface area (Å²) in [6, 6.07) is -0.676. The van der Waals surface area contributed by atoms with Gasteiger partial charge in [-0.2, -0.15) is 0 Å². The molecule has 7 nitrogen and oxygen atoms in total. The van der Waals surface area contributed by atoms with Crippen LogP contribution < -0.4 is 0 Å². The molecule has 2 unspecified atom stereocenters. The Morgan fingerprint density at radius 2 is 1.76 bits per heavy atom. The number of rotatable bonds is 11. The average molecular weight is 534 g/mol. The van der Waals surface area contributed by atoms with E-state index in [2.05, 4.69) is 54.7 Å². The van der Waals surface area contributed by atoms with Gasteiger partial charge in [0.1, 0.15) is 6.04 Å². The van der Waals surface area contributed by atoms with Gasteiger partial charge in [-0.15, -0.1) is 24.9 Å². The number of carbonyl (C=O) groups is 3. The van der Waals surface area contributed by atoms with E-state index in [0.29, 0.717) is 32.5 Å². The lowest BCUT2D eigenvalue weighted by Gasteiger charge is -2.46. The lowest BCUT2D eigenvalue weighted by molar-refractivity contribution is -0.147. The Morgan fingerprint density at radius 3 is 2.30 bits per heavy atom. The van der Waals surface area contributed by atoms with E-state index in [0.717, 1.165) is 12.8 Å². The van der Waals surface area contributed by atoms with Crippen LogP contribution in [0.3, 0.4) is 0 Å². The van der Waals surface area contributed by atoms with Crippen LogP contribution in [-0.2, 0) is 14.4 Å². The van der Waals surface area contributed by atoms with E-state index in [1.807, 2.05) is 4.90 Å². The minimum Gasteiger partial charge on any atom is -0.396 e. The molecule has 2 bridgehead atoms. The number of thioether (sulfide) groups is 1. The van der Waals surface area contributed by atoms with Crippen molar-refractivity contribution in [2.24, 2.45) is 17.3 Å². The molecule has 0 aromatic rings. The molecule has 37 heavy (non-hydrogen) atoms. The highest BCUT2D eigenvalue weighted by atomic mass is 32.2. The fourth-order valence-electron chi connectivity index (χ4n) is 7.39. The highest BCUT2D eigenvalue weighted by Crippen LogP contribution is 2.71. The van der Waals surface area contributed by atoms with Crippen LogP contribution in [0, 0.1) is 17.3 Å². The second-order valence-corrected chi connectivity index (χ2v) is 15.0. The Hall–Kier alpha value is -1.80. The number of carbonyl (C=O) groups excluding carboxylic acids is 3. The van der Waals surface area contributed by atoms with Crippen molar-refractivity contribution in [2.75, 3.05) is 33.3 Å². The molecule has 3 aliphatic rings. The quantitative estimate of drug-likeness (QED) is 0.410. The molecule has 8 heteroatoms. The van der Waals surface area contributed by atoms with Crippen molar-refractivity contribution in [3.63, 3.8) is 0 Å². The largest absolute Gasteiger partial charge is 0.396 e. The zero-order chi connectivity index (χ0) is 28.0. The van der Waals surface area contributed by atoms with Crippen molar-refractivity contribution in [3.05, 3.63) is 25.3 Å². The van der Waals surface area contributed by atoms with Gasteiger partial charge >= 0.3 is 0 Å². The lowest BCUT2D eigenvalue weighted by atomic mass is 9.66. The van der Waals surface area contributed by atoms with E-state index < -0.39 is 32.9 Å². The predicted molar refractivity (Wildman–Crippen MR) is 150 cm³/mol. The fraction of sp³-hybridized carbons (Fsp3) is 0.759. The maximum atomic E-state index is 14.6. The first-order chi connectivity index (χ1) is 17.1. The topological polar surface area (TPSA) is 81.2 Å². The van der Waals surface area contributed by atoms with Gasteiger partial charge in [0.15, 0.2) is 0 Å². The summed E-state index contributed by atoms with van der Waals surface area (Å²) in [7, 11) is 1.75. The molecule has 3 saturated heterocycles. The Balaban J connectivity index is 2.10. The number of likely N-dealkylation sites (N-methyl/N-ethyl adjacent to an activating group) is 1. The van der Waals surface area contributed by atoms with Crippen LogP contribution in [0.2, 0.25) is 0 Å². The van der Waals surface area contributed by atoms with Gasteiger partial charge in [-0.1, -0.05) is 32.9 Å². The molecule has 0 saturated carbocycles. The van der Waals surface area contributed by atoms with E-state index in [1.165, 1.54) is 0 Å². The van der Waals surface area contributed by atoms with Gasteiger partial charge in [0.25, 0.3) is 0 Å². The third-order valence-electron chi connectivity index (χ3n) is 8.38. The van der Waals surface area contributed by atoms with E-state index in [1.54, 1.807) is 40.8 Å². The average Bonchev–Trinajstić information content (AvgIpc) is 3.34. The van der Waals surface area contributed by atoms with E-state index in [-0.39, 0.29) is 29.7 Å². The number of hydrogen-bond acceptors (Lipinski definition) is 5. The van der Waals surface area contributed by atoms with Crippen LogP contribution in [0.5, 0.6) is 0 Å². The number of hydrogen-bond donors (Lipinski definition) is 1. The molecule has 5 atom stereocenters. The molecule has 3 heterocycles. The van der Waals surface area contributed by atoms with E-state index >= 15 is 0 Å². The molecule has 3 fully saturated rings. The molecule has 1 spiro atoms. The van der Waals surface area contributed by atoms with Crippen molar-refractivity contribution >= 4 is 29.5 Å². The monoisotopic (exact) mass is 533 g/mol. The van der Waals surface area contributed by atoms with Crippen molar-refractivity contribution in [2.45, 2.75) is 88.3 Å². The molecule has 0 radical (unpaired) electrons. The first kappa shape index (κ1) is 29.8. The summed E-state index contributed by atoms with van der Waals surface area (Å²) in [4.78, 5) is 47.7. The Morgan fingerprint density at radius 1 is 1.14 bits per heavy atom. The summed E-state index contributed by atoms with van der Waals surface area (Å²) in [5.41, 5.74) is -0.470. The number of likely N-dealkylation sites (tertiary alicyclic amines) is 1. The second-order valence-electron chi connectivity index (χ2n) is 13.1. The predicted octanol–water partition coefficient (Wildman–Crippen LogP) is 3.72. The number of aliphatic hydroxyl groups is 1. The molecule has 3 aliphatic heterocycles. The SMILES string of the molecule is C=CCN(C)C(=O)[C@H]1[C@H]2C(=O)N(CCCO)C(C(=O)N(CC=C)C(C)(C)CC(C)(C)C)C23CC[C@]1(C)S3. The van der Waals surface area contributed by atoms with Crippen LogP contribution in [0.25, 0.3) is 0 Å². The van der Waals surface area contributed by atoms with Gasteiger partial charge in [0, 0.05) is 43.6 Å². The van der Waals surface area contributed by atoms with E-state index in [9.17, 15) is 19.5 Å². The molecule has 208 valence electrons. The minimum atomic E-state index is -0.676. The van der Waals surface area contributed by atoms with Crippen molar-refractivity contribution in [1.82, 2.24) is 14.7 Å². The first-order valence-electron chi connectivity index (χ1n) is 13.5. The van der Waals surface area contributed by atoms with Crippen LogP contribution in [0.4, 0.5) is 0 Å². The highest BCUT2D eigenvalue weighted by molar-refractivity contribution is 8.02. The molecule has 0 aromatic heterocycles. The summed E-state index contributed by atoms with van der Waals surface area (Å²) in [5.74, 6) is -1.30. The summed E-state index contributed by atoms with van der Waals surface area (Å²) in [5, 5.41) is 9.61. The third-order valence-corrected chi connectivity index (χ3v) is 10.4. The zero-order valence-electron chi connectivity index (χ0n) is 23.9. The number of fused-ring (bicyclic) bond motifs is 1. The Kier molecular flexibility index (Phi) is 8.36. The molecule has 1 N–H and O–H groups in total. The Labute approximate surface area is 227 Å². The molecule has 3 amide bonds. The van der Waals surface area contributed by atoms with Gasteiger partial charge in [0.2, 0.25) is 17.7 Å². The summed E-state index contributed by atoms with van der Waals surface area (Å²) < 4.78 is -1.07. The van der Waals surface area contributed by atoms with Crippen molar-refractivity contribution in [1.29, 1.82) is 0 Å². The lowest BCUT2D eigenvalue weighted by Crippen LogP contribution is -2.60. The maximum Gasteiger partial charge on any atom is 0.247 e. The van der Waals surface area contributed by atoms with Crippen molar-refractivity contribution in [3.8, 4) is 0 Å². The van der Waals surface area contributed by atoms with Gasteiger partial charge in [-0.25, -0.2) is 0 Å². The minimum absolute atomic E-state index is 0.00656. The number of aliphatic hydroxyl groups excluding tert-OH is 1. The van der Waals surface area contributed by atoms with Crippen LogP contribution in [0.1, 0.15) is 67.2 Å². The standard InChI is InChI=1S/C29H47N3O4S/c1-10-15-30(9)23(34)20-21-24(35)31(17-12-18-33)22(29(21)14-13-28(20,8)37-29)25(36)32(16-11-2)27(6,7)19-26(3,4)5/h10-11,20-22,33H,1-2,12-19H2,3-9H3/t20-,21+,22?,28+,29?/m1/s1. The van der Waals surface area contributed by atoms with Crippen LogP contribution in [0.15, 0.2) is 25.3 Å². The third kappa shape index (κ3) is 5.12. The molecule has 0 aromatic carbocycles. The number of nitrogens with zero attached hydrogens (tertiary/aromatic N) is 3. The highest BCUT2D eigenvalue weighted by Gasteiger charge is 2.77. The maximum absolute atomic E-state index is 14.6. The molecular weight excluding hydrogens is 486 g/mol. The molecular formula is C29H47N3O4S. The first-order valence-corrected chi connectivity index (χ1v) is 14.3. The normalized spacial score (nSPS) is 30.9. The van der Waals surface area contributed by atoms with Crippen LogP contribution >= 0.6 is 11.8 Å². The summed E-state index contributed by atoms with van der Waals surface area (Å²) >= 11 is 1.69. The van der Waals surface area contributed by atoms with Crippen LogP contribution in [-0.4, -0.2) is 91.9 Å². The zero-order valence-corrected chi connectivity index (χ0v) is 24.7.